The fourth-order valence-corrected chi connectivity index (χ4v) is 0.737. The second-order valence-electron chi connectivity index (χ2n) is 2.56. The van der Waals surface area contributed by atoms with Gasteiger partial charge in [-0.15, -0.1) is 0 Å². The molecule has 1 aromatic rings. The molecule has 2 unspecified atom stereocenters. The number of aliphatic hydroxyl groups is 2. The third-order valence-electron chi connectivity index (χ3n) is 1.41. The van der Waals surface area contributed by atoms with Crippen LogP contribution in [0.5, 0.6) is 5.75 Å². The summed E-state index contributed by atoms with van der Waals surface area (Å²) in [7, 11) is 0. The van der Waals surface area contributed by atoms with Gasteiger partial charge in [0.05, 0.1) is 0 Å². The van der Waals surface area contributed by atoms with Gasteiger partial charge in [-0.2, -0.15) is 0 Å². The minimum Gasteiger partial charge on any atom is -0.462 e. The highest BCUT2D eigenvalue weighted by molar-refractivity contribution is 5.21. The van der Waals surface area contributed by atoms with Gasteiger partial charge in [0.2, 0.25) is 6.29 Å². The molecule has 12 heavy (non-hydrogen) atoms. The molecule has 0 aliphatic carbocycles. The van der Waals surface area contributed by atoms with Gasteiger partial charge in [0.15, 0.2) is 0 Å². The van der Waals surface area contributed by atoms with Crippen LogP contribution in [0.25, 0.3) is 0 Å². The first-order chi connectivity index (χ1) is 5.70. The van der Waals surface area contributed by atoms with Gasteiger partial charge in [-0.3, -0.25) is 0 Å². The third-order valence-corrected chi connectivity index (χ3v) is 1.41. The lowest BCUT2D eigenvalue weighted by molar-refractivity contribution is -0.0958. The second kappa shape index (κ2) is 4.09. The summed E-state index contributed by atoms with van der Waals surface area (Å²) in [5.74, 6) is 0.547. The van der Waals surface area contributed by atoms with E-state index in [0.717, 1.165) is 0 Å². The van der Waals surface area contributed by atoms with Gasteiger partial charge in [0, 0.05) is 0 Å². The Hall–Kier alpha value is -1.06. The van der Waals surface area contributed by atoms with Gasteiger partial charge in [-0.1, -0.05) is 18.2 Å². The molecule has 2 N–H and O–H groups in total. The van der Waals surface area contributed by atoms with Gasteiger partial charge < -0.3 is 14.9 Å². The quantitative estimate of drug-likeness (QED) is 0.655. The lowest BCUT2D eigenvalue weighted by Crippen LogP contribution is -2.28. The molecule has 0 heterocycles. The van der Waals surface area contributed by atoms with E-state index in [1.807, 2.05) is 6.07 Å². The van der Waals surface area contributed by atoms with E-state index in [4.69, 9.17) is 14.9 Å². The summed E-state index contributed by atoms with van der Waals surface area (Å²) in [5, 5.41) is 18.0. The van der Waals surface area contributed by atoms with Crippen molar-refractivity contribution in [2.24, 2.45) is 0 Å². The van der Waals surface area contributed by atoms with E-state index < -0.39 is 12.4 Å². The van der Waals surface area contributed by atoms with E-state index in [1.165, 1.54) is 6.92 Å². The van der Waals surface area contributed by atoms with E-state index in [1.54, 1.807) is 24.3 Å². The van der Waals surface area contributed by atoms with E-state index in [2.05, 4.69) is 0 Å². The zero-order valence-electron chi connectivity index (χ0n) is 6.84. The molecule has 0 saturated heterocycles. The average Bonchev–Trinajstić information content (AvgIpc) is 2.06. The predicted octanol–water partition coefficient (Wildman–Crippen LogP) is 0.765. The molecule has 0 radical (unpaired) electrons. The van der Waals surface area contributed by atoms with Crippen LogP contribution < -0.4 is 4.74 Å². The van der Waals surface area contributed by atoms with Crippen LogP contribution in [0.2, 0.25) is 0 Å². The van der Waals surface area contributed by atoms with Crippen LogP contribution in [0, 0.1) is 0 Å². The van der Waals surface area contributed by atoms with Crippen molar-refractivity contribution in [1.82, 2.24) is 0 Å². The largest absolute Gasteiger partial charge is 0.462 e. The molecule has 0 spiro atoms. The summed E-state index contributed by atoms with van der Waals surface area (Å²) >= 11 is 0. The Bertz CT molecular complexity index is 220. The molecule has 66 valence electrons. The molecule has 1 aromatic carbocycles. The highest BCUT2D eigenvalue weighted by Gasteiger charge is 2.11. The Kier molecular flexibility index (Phi) is 3.08. The second-order valence-corrected chi connectivity index (χ2v) is 2.56. The fraction of sp³-hybridized carbons (Fsp3) is 0.333. The van der Waals surface area contributed by atoms with Crippen molar-refractivity contribution in [2.75, 3.05) is 0 Å². The van der Waals surface area contributed by atoms with Gasteiger partial charge in [-0.05, 0) is 19.1 Å². The standard InChI is InChI=1S/C9H12O3/c1-7(10)9(11)12-8-5-3-2-4-6-8/h2-7,9-11H,1H3. The predicted molar refractivity (Wildman–Crippen MR) is 44.8 cm³/mol. The van der Waals surface area contributed by atoms with Crippen LogP contribution in [0.1, 0.15) is 6.92 Å². The van der Waals surface area contributed by atoms with E-state index in [-0.39, 0.29) is 0 Å². The maximum atomic E-state index is 9.11. The number of ether oxygens (including phenoxy) is 1. The maximum absolute atomic E-state index is 9.11. The number of hydrogen-bond donors (Lipinski definition) is 2. The van der Waals surface area contributed by atoms with Crippen LogP contribution >= 0.6 is 0 Å². The van der Waals surface area contributed by atoms with Gasteiger partial charge >= 0.3 is 0 Å². The Morgan fingerprint density at radius 2 is 1.75 bits per heavy atom. The molecule has 3 nitrogen and oxygen atoms in total. The summed E-state index contributed by atoms with van der Waals surface area (Å²) in [5.41, 5.74) is 0. The van der Waals surface area contributed by atoms with Crippen molar-refractivity contribution < 1.29 is 14.9 Å². The van der Waals surface area contributed by atoms with Crippen LogP contribution in [0.3, 0.4) is 0 Å². The summed E-state index contributed by atoms with van der Waals surface area (Å²) < 4.78 is 4.98. The Morgan fingerprint density at radius 3 is 2.25 bits per heavy atom. The molecule has 0 aliphatic heterocycles. The first-order valence-electron chi connectivity index (χ1n) is 3.78. The molecule has 0 fully saturated rings. The van der Waals surface area contributed by atoms with Crippen molar-refractivity contribution in [1.29, 1.82) is 0 Å². The lowest BCUT2D eigenvalue weighted by atomic mass is 10.3. The third kappa shape index (κ3) is 2.53. The summed E-state index contributed by atoms with van der Waals surface area (Å²) in [6.07, 6.45) is -2.04. The molecular formula is C9H12O3. The smallest absolute Gasteiger partial charge is 0.223 e. The van der Waals surface area contributed by atoms with Crippen LogP contribution in [-0.4, -0.2) is 22.6 Å². The van der Waals surface area contributed by atoms with E-state index in [0.29, 0.717) is 5.75 Å². The van der Waals surface area contributed by atoms with E-state index >= 15 is 0 Å². The SMILES string of the molecule is CC(O)C(O)Oc1ccccc1. The zero-order valence-corrected chi connectivity index (χ0v) is 6.84. The summed E-state index contributed by atoms with van der Waals surface area (Å²) in [6, 6.07) is 8.87. The maximum Gasteiger partial charge on any atom is 0.223 e. The number of benzene rings is 1. The van der Waals surface area contributed by atoms with Gasteiger partial charge in [0.1, 0.15) is 11.9 Å². The molecule has 0 aliphatic rings. The molecule has 1 rings (SSSR count). The number of hydrogen-bond acceptors (Lipinski definition) is 3. The van der Waals surface area contributed by atoms with Crippen LogP contribution in [-0.2, 0) is 0 Å². The molecular weight excluding hydrogens is 156 g/mol. The number of rotatable bonds is 3. The minimum absolute atomic E-state index is 0.547. The van der Waals surface area contributed by atoms with Crippen molar-refractivity contribution in [3.05, 3.63) is 30.3 Å². The number of para-hydroxylation sites is 1. The molecule has 0 amide bonds. The van der Waals surface area contributed by atoms with E-state index in [9.17, 15) is 0 Å². The monoisotopic (exact) mass is 168 g/mol. The van der Waals surface area contributed by atoms with Crippen LogP contribution in [0.15, 0.2) is 30.3 Å². The Labute approximate surface area is 71.2 Å². The highest BCUT2D eigenvalue weighted by atomic mass is 16.6. The van der Waals surface area contributed by atoms with Crippen LogP contribution in [0.4, 0.5) is 0 Å². The zero-order chi connectivity index (χ0) is 8.97. The normalized spacial score (nSPS) is 15.2. The van der Waals surface area contributed by atoms with Crippen molar-refractivity contribution in [3.63, 3.8) is 0 Å². The van der Waals surface area contributed by atoms with Crippen molar-refractivity contribution >= 4 is 0 Å². The van der Waals surface area contributed by atoms with Crippen molar-refractivity contribution in [2.45, 2.75) is 19.3 Å². The number of aliphatic hydroxyl groups excluding tert-OH is 2. The first-order valence-corrected chi connectivity index (χ1v) is 3.78. The molecule has 0 aromatic heterocycles. The summed E-state index contributed by atoms with van der Waals surface area (Å²) in [6.45, 7) is 1.47. The van der Waals surface area contributed by atoms with Gasteiger partial charge in [-0.25, -0.2) is 0 Å². The lowest BCUT2D eigenvalue weighted by Gasteiger charge is -2.15. The topological polar surface area (TPSA) is 49.7 Å². The molecule has 0 bridgehead atoms. The van der Waals surface area contributed by atoms with Crippen molar-refractivity contribution in [3.8, 4) is 5.75 Å². The first kappa shape index (κ1) is 9.03. The Balaban J connectivity index is 2.53. The van der Waals surface area contributed by atoms with Gasteiger partial charge in [0.25, 0.3) is 0 Å². The molecule has 0 saturated carbocycles. The minimum atomic E-state index is -1.16. The highest BCUT2D eigenvalue weighted by Crippen LogP contribution is 2.10. The molecule has 2 atom stereocenters. The molecule has 3 heteroatoms. The average molecular weight is 168 g/mol. The Morgan fingerprint density at radius 1 is 1.17 bits per heavy atom. The fourth-order valence-electron chi connectivity index (χ4n) is 0.737. The summed E-state index contributed by atoms with van der Waals surface area (Å²) in [4.78, 5) is 0.